The van der Waals surface area contributed by atoms with E-state index >= 15 is 0 Å². The number of aromatic nitrogens is 4. The zero-order valence-electron chi connectivity index (χ0n) is 30.3. The topological polar surface area (TPSA) is 163 Å². The fraction of sp³-hybridized carbons (Fsp3) is 0.300. The Kier molecular flexibility index (Phi) is 11.4. The van der Waals surface area contributed by atoms with Crippen LogP contribution in [0.4, 0.5) is 9.59 Å². The van der Waals surface area contributed by atoms with Gasteiger partial charge in [-0.1, -0.05) is 25.3 Å². The van der Waals surface area contributed by atoms with Crippen molar-refractivity contribution in [2.45, 2.75) is 67.2 Å². The van der Waals surface area contributed by atoms with Crippen molar-refractivity contribution in [3.8, 4) is 0 Å². The summed E-state index contributed by atoms with van der Waals surface area (Å²) in [7, 11) is 0. The zero-order valence-corrected chi connectivity index (χ0v) is 30.3. The van der Waals surface area contributed by atoms with Crippen molar-refractivity contribution >= 4 is 74.7 Å². The third-order valence-corrected chi connectivity index (χ3v) is 9.12. The number of carbonyl (C=O) groups is 4. The molecular weight excluding hydrogens is 664 g/mol. The van der Waals surface area contributed by atoms with E-state index in [0.717, 1.165) is 66.8 Å². The van der Waals surface area contributed by atoms with Gasteiger partial charge in [0, 0.05) is 33.2 Å². The molecule has 0 saturated carbocycles. The van der Waals surface area contributed by atoms with Crippen LogP contribution in [0.1, 0.15) is 92.0 Å². The number of aryl methyl sites for hydroxylation is 3. The molecule has 12 nitrogen and oxygen atoms in total. The van der Waals surface area contributed by atoms with Gasteiger partial charge in [-0.3, -0.25) is 9.59 Å². The quantitative estimate of drug-likeness (QED) is 0.154. The van der Waals surface area contributed by atoms with Gasteiger partial charge in [-0.15, -0.1) is 0 Å². The molecule has 5 heterocycles. The molecule has 0 aliphatic carbocycles. The average Bonchev–Trinajstić information content (AvgIpc) is 3.75. The molecule has 0 aromatic carbocycles. The Balaban J connectivity index is 1.75. The highest BCUT2D eigenvalue weighted by atomic mass is 16.7. The maximum absolute atomic E-state index is 12.6. The van der Waals surface area contributed by atoms with Crippen LogP contribution in [0.3, 0.4) is 0 Å². The number of nitrogens with one attached hydrogen (secondary N) is 2. The number of fused-ring (bicyclic) bond motifs is 8. The van der Waals surface area contributed by atoms with E-state index in [9.17, 15) is 19.2 Å². The number of nitrogens with zero attached hydrogens (tertiary/aromatic N) is 2. The fourth-order valence-electron chi connectivity index (χ4n) is 6.34. The average molecular weight is 707 g/mol. The van der Waals surface area contributed by atoms with Crippen LogP contribution in [0.5, 0.6) is 0 Å². The van der Waals surface area contributed by atoms with Gasteiger partial charge >= 0.3 is 24.2 Å². The number of carbonyl (C=O) groups excluding carboxylic acids is 4. The number of hydrogen-bond acceptors (Lipinski definition) is 10. The Morgan fingerprint density at radius 2 is 1.17 bits per heavy atom. The number of aromatic amines is 2. The molecule has 0 radical (unpaired) electrons. The van der Waals surface area contributed by atoms with Gasteiger partial charge in [0.05, 0.1) is 48.8 Å². The minimum absolute atomic E-state index is 0.0802. The molecule has 2 aliphatic heterocycles. The maximum Gasteiger partial charge on any atom is 0.516 e. The van der Waals surface area contributed by atoms with Crippen molar-refractivity contribution in [3.05, 3.63) is 88.5 Å². The summed E-state index contributed by atoms with van der Waals surface area (Å²) in [5.74, 6) is -1.45. The van der Waals surface area contributed by atoms with Crippen molar-refractivity contribution in [1.82, 2.24) is 19.9 Å². The van der Waals surface area contributed by atoms with E-state index < -0.39 is 24.2 Å². The lowest BCUT2D eigenvalue weighted by molar-refractivity contribution is -0.140. The highest BCUT2D eigenvalue weighted by Gasteiger charge is 2.22. The summed E-state index contributed by atoms with van der Waals surface area (Å²) < 4.78 is 19.2. The predicted molar refractivity (Wildman–Crippen MR) is 200 cm³/mol. The predicted octanol–water partition coefficient (Wildman–Crippen LogP) is 8.73. The minimum Gasteiger partial charge on any atom is -0.434 e. The summed E-state index contributed by atoms with van der Waals surface area (Å²) in [6.45, 7) is 19.4. The van der Waals surface area contributed by atoms with E-state index in [4.69, 9.17) is 28.9 Å². The van der Waals surface area contributed by atoms with Crippen molar-refractivity contribution in [2.24, 2.45) is 0 Å². The molecular formula is C40H42N4O8. The third-order valence-electron chi connectivity index (χ3n) is 9.12. The molecule has 3 aromatic heterocycles. The molecule has 8 bridgehead atoms. The van der Waals surface area contributed by atoms with Crippen LogP contribution in [0.25, 0.3) is 50.4 Å². The summed E-state index contributed by atoms with van der Waals surface area (Å²) in [6.07, 6.45) is 1.75. The molecule has 0 spiro atoms. The van der Waals surface area contributed by atoms with Gasteiger partial charge in [-0.25, -0.2) is 19.6 Å². The molecule has 5 rings (SSSR count). The van der Waals surface area contributed by atoms with E-state index in [1.165, 1.54) is 0 Å². The van der Waals surface area contributed by atoms with Crippen LogP contribution in [0, 0.1) is 13.8 Å². The molecule has 52 heavy (non-hydrogen) atoms. The summed E-state index contributed by atoms with van der Waals surface area (Å²) in [5.41, 5.74) is 12.8. The van der Waals surface area contributed by atoms with E-state index in [2.05, 4.69) is 23.1 Å². The number of ether oxygens (including phenoxy) is 4. The largest absolute Gasteiger partial charge is 0.516 e. The first-order valence-electron chi connectivity index (χ1n) is 17.0. The van der Waals surface area contributed by atoms with E-state index in [0.29, 0.717) is 22.6 Å². The van der Waals surface area contributed by atoms with E-state index in [1.54, 1.807) is 19.9 Å². The van der Waals surface area contributed by atoms with Crippen molar-refractivity contribution in [1.29, 1.82) is 0 Å². The SMILES string of the molecule is C=CC1=C(C)c2cc3[nH]c(cc4nc(cc5[nH]c(cc1n2)c(C)c5CCC(=O)OC(=O)OCC)C(CCC(=O)OC(=O)OCC)=C4C)c(C)c3C=C. The molecule has 0 amide bonds. The molecule has 2 N–H and O–H groups in total. The minimum atomic E-state index is -1.05. The van der Waals surface area contributed by atoms with Gasteiger partial charge in [0.15, 0.2) is 0 Å². The Hall–Kier alpha value is -6.04. The van der Waals surface area contributed by atoms with Crippen LogP contribution < -0.4 is 0 Å². The van der Waals surface area contributed by atoms with Gasteiger partial charge in [0.25, 0.3) is 0 Å². The summed E-state index contributed by atoms with van der Waals surface area (Å²) in [6, 6.07) is 7.76. The first-order valence-corrected chi connectivity index (χ1v) is 17.0. The first-order chi connectivity index (χ1) is 24.9. The molecule has 2 aliphatic rings. The van der Waals surface area contributed by atoms with Crippen molar-refractivity contribution < 1.29 is 38.1 Å². The van der Waals surface area contributed by atoms with Crippen LogP contribution in [-0.4, -0.2) is 57.4 Å². The number of rotatable bonds is 10. The van der Waals surface area contributed by atoms with Gasteiger partial charge in [0.1, 0.15) is 0 Å². The van der Waals surface area contributed by atoms with Gasteiger partial charge in [0.2, 0.25) is 0 Å². The van der Waals surface area contributed by atoms with Crippen LogP contribution in [-0.2, 0) is 35.0 Å². The second kappa shape index (κ2) is 15.9. The molecule has 0 fully saturated rings. The highest BCUT2D eigenvalue weighted by molar-refractivity contribution is 5.98. The molecule has 3 aromatic rings. The Morgan fingerprint density at radius 3 is 1.79 bits per heavy atom. The summed E-state index contributed by atoms with van der Waals surface area (Å²) in [5, 5.41) is 0. The molecule has 0 atom stereocenters. The Morgan fingerprint density at radius 1 is 0.654 bits per heavy atom. The first kappa shape index (κ1) is 37.2. The monoisotopic (exact) mass is 706 g/mol. The van der Waals surface area contributed by atoms with Crippen LogP contribution >= 0.6 is 0 Å². The maximum atomic E-state index is 12.6. The number of hydrogen-bond donors (Lipinski definition) is 2. The van der Waals surface area contributed by atoms with Crippen LogP contribution in [0.2, 0.25) is 0 Å². The van der Waals surface area contributed by atoms with Gasteiger partial charge in [-0.05, 0) is 112 Å². The second-order valence-electron chi connectivity index (χ2n) is 12.3. The number of H-pyrrole nitrogens is 2. The normalized spacial score (nSPS) is 12.4. The molecule has 270 valence electrons. The Bertz CT molecular complexity index is 2230. The van der Waals surface area contributed by atoms with Crippen molar-refractivity contribution in [3.63, 3.8) is 0 Å². The molecule has 12 heteroatoms. The van der Waals surface area contributed by atoms with Crippen LogP contribution in [0.15, 0.2) is 43.5 Å². The smallest absolute Gasteiger partial charge is 0.434 e. The lowest BCUT2D eigenvalue weighted by Crippen LogP contribution is -2.14. The second-order valence-corrected chi connectivity index (χ2v) is 12.3. The third kappa shape index (κ3) is 7.80. The standard InChI is InChI=1S/C40H42N4O8/c1-9-25-21(5)29-17-30-23(7)27(13-15-37(45)51-39(47)49-11-3)35(43-30)20-36-28(14-16-38(46)52-40(48)50-12-4)24(8)32(44-36)19-34-26(10-2)22(6)31(42-34)18-33(25)41-29/h9-10,17-20,41,44H,1-2,11-16H2,3-8H3. The van der Waals surface area contributed by atoms with E-state index in [-0.39, 0.29) is 38.9 Å². The fourth-order valence-corrected chi connectivity index (χ4v) is 6.34. The van der Waals surface area contributed by atoms with E-state index in [1.807, 2.05) is 58.0 Å². The molecule has 0 saturated heterocycles. The van der Waals surface area contributed by atoms with Crippen molar-refractivity contribution in [2.75, 3.05) is 13.2 Å². The summed E-state index contributed by atoms with van der Waals surface area (Å²) in [4.78, 5) is 65.9. The highest BCUT2D eigenvalue weighted by Crippen LogP contribution is 2.36. The van der Waals surface area contributed by atoms with Gasteiger partial charge < -0.3 is 28.9 Å². The van der Waals surface area contributed by atoms with Gasteiger partial charge in [-0.2, -0.15) is 0 Å². The lowest BCUT2D eigenvalue weighted by atomic mass is 10.00. The Labute approximate surface area is 301 Å². The summed E-state index contributed by atoms with van der Waals surface area (Å²) >= 11 is 0. The lowest BCUT2D eigenvalue weighted by Gasteiger charge is -2.06. The zero-order chi connectivity index (χ0) is 37.7. The number of allylic oxidation sites excluding steroid dienone is 5. The molecule has 0 unspecified atom stereocenters. The number of esters is 2.